The van der Waals surface area contributed by atoms with Gasteiger partial charge in [0.05, 0.1) is 12.5 Å². The highest BCUT2D eigenvalue weighted by atomic mass is 16.5. The van der Waals surface area contributed by atoms with E-state index in [1.54, 1.807) is 12.0 Å². The van der Waals surface area contributed by atoms with Crippen molar-refractivity contribution >= 4 is 11.8 Å². The second kappa shape index (κ2) is 6.96. The van der Waals surface area contributed by atoms with E-state index in [2.05, 4.69) is 32.0 Å². The summed E-state index contributed by atoms with van der Waals surface area (Å²) in [6, 6.07) is 6.44. The number of likely N-dealkylation sites (tertiary alicyclic amines) is 1. The number of aryl methyl sites for hydroxylation is 1. The third-order valence-corrected chi connectivity index (χ3v) is 7.49. The molecule has 1 aliphatic heterocycles. The Morgan fingerprint density at radius 1 is 1.26 bits per heavy atom. The van der Waals surface area contributed by atoms with E-state index in [0.717, 1.165) is 44.3 Å². The lowest BCUT2D eigenvalue weighted by Gasteiger charge is -2.54. The van der Waals surface area contributed by atoms with Crippen molar-refractivity contribution in [3.8, 4) is 5.75 Å². The van der Waals surface area contributed by atoms with Gasteiger partial charge in [0.2, 0.25) is 11.8 Å². The molecule has 0 unspecified atom stereocenters. The van der Waals surface area contributed by atoms with Crippen LogP contribution in [0.1, 0.15) is 69.4 Å². The number of piperidine rings is 1. The molecule has 2 amide bonds. The number of carbonyl (C=O) groups is 2. The van der Waals surface area contributed by atoms with E-state index in [4.69, 9.17) is 4.74 Å². The van der Waals surface area contributed by atoms with Gasteiger partial charge in [0, 0.05) is 13.0 Å². The van der Waals surface area contributed by atoms with Crippen molar-refractivity contribution in [1.82, 2.24) is 4.90 Å². The molecule has 4 rings (SSSR count). The Labute approximate surface area is 162 Å². The summed E-state index contributed by atoms with van der Waals surface area (Å²) in [5.74, 6) is 2.16. The summed E-state index contributed by atoms with van der Waals surface area (Å²) < 4.78 is 5.40. The van der Waals surface area contributed by atoms with E-state index in [0.29, 0.717) is 24.8 Å². The molecule has 0 radical (unpaired) electrons. The molecule has 0 spiro atoms. The second-order valence-corrected chi connectivity index (χ2v) is 8.84. The molecular weight excluding hydrogens is 338 g/mol. The number of nitrogens with zero attached hydrogens (tertiary/aromatic N) is 1. The molecule has 27 heavy (non-hydrogen) atoms. The molecule has 1 saturated heterocycles. The third kappa shape index (κ3) is 2.88. The SMILES string of the molecule is CCCCN1C(=O)C[C@H]2[C@@H]3CCc4cc(OC)ccc4[C@H]3CC[C@]2(C)C1=O. The predicted molar refractivity (Wildman–Crippen MR) is 105 cm³/mol. The van der Waals surface area contributed by atoms with Crippen LogP contribution in [0.3, 0.4) is 0 Å². The number of hydrogen-bond donors (Lipinski definition) is 0. The van der Waals surface area contributed by atoms with Crippen LogP contribution >= 0.6 is 0 Å². The zero-order chi connectivity index (χ0) is 19.2. The molecule has 2 fully saturated rings. The number of hydrogen-bond acceptors (Lipinski definition) is 3. The van der Waals surface area contributed by atoms with Crippen LogP contribution in [0.15, 0.2) is 18.2 Å². The first-order valence-electron chi connectivity index (χ1n) is 10.5. The lowest BCUT2D eigenvalue weighted by Crippen LogP contribution is -2.59. The molecule has 0 bridgehead atoms. The van der Waals surface area contributed by atoms with E-state index in [1.165, 1.54) is 11.1 Å². The van der Waals surface area contributed by atoms with Crippen molar-refractivity contribution in [2.45, 2.75) is 64.7 Å². The fraction of sp³-hybridized carbons (Fsp3) is 0.652. The van der Waals surface area contributed by atoms with E-state index in [9.17, 15) is 9.59 Å². The minimum absolute atomic E-state index is 0.0529. The molecule has 4 atom stereocenters. The highest BCUT2D eigenvalue weighted by Gasteiger charge is 2.57. The molecule has 2 aliphatic carbocycles. The summed E-state index contributed by atoms with van der Waals surface area (Å²) in [6.45, 7) is 4.82. The van der Waals surface area contributed by atoms with Crippen LogP contribution in [-0.2, 0) is 16.0 Å². The fourth-order valence-electron chi connectivity index (χ4n) is 5.91. The van der Waals surface area contributed by atoms with E-state index in [1.807, 2.05) is 0 Å². The minimum Gasteiger partial charge on any atom is -0.497 e. The van der Waals surface area contributed by atoms with Gasteiger partial charge >= 0.3 is 0 Å². The van der Waals surface area contributed by atoms with Gasteiger partial charge in [-0.25, -0.2) is 0 Å². The van der Waals surface area contributed by atoms with E-state index in [-0.39, 0.29) is 23.1 Å². The van der Waals surface area contributed by atoms with Gasteiger partial charge in [-0.1, -0.05) is 26.3 Å². The molecule has 3 aliphatic rings. The summed E-state index contributed by atoms with van der Waals surface area (Å²) in [5, 5.41) is 0. The zero-order valence-corrected chi connectivity index (χ0v) is 16.8. The Bertz CT molecular complexity index is 758. The standard InChI is InChI=1S/C23H31NO3/c1-4-5-12-24-21(25)14-20-19-8-6-15-13-16(27-3)7-9-17(15)18(19)10-11-23(20,2)22(24)26/h7,9,13,18-20H,4-6,8,10-12,14H2,1-3H3/t18-,19-,20+,23+/m1/s1. The Balaban J connectivity index is 1.62. The molecule has 1 aromatic carbocycles. The molecule has 1 heterocycles. The van der Waals surface area contributed by atoms with Crippen LogP contribution in [0, 0.1) is 17.3 Å². The second-order valence-electron chi connectivity index (χ2n) is 8.84. The number of amides is 2. The highest BCUT2D eigenvalue weighted by molar-refractivity contribution is 6.01. The Kier molecular flexibility index (Phi) is 4.77. The van der Waals surface area contributed by atoms with Gasteiger partial charge in [-0.05, 0) is 73.1 Å². The first kappa shape index (κ1) is 18.5. The maximum atomic E-state index is 13.3. The number of carbonyl (C=O) groups excluding carboxylic acids is 2. The van der Waals surface area contributed by atoms with Gasteiger partial charge in [0.15, 0.2) is 0 Å². The van der Waals surface area contributed by atoms with E-state index < -0.39 is 0 Å². The Hall–Kier alpha value is -1.84. The Morgan fingerprint density at radius 3 is 2.81 bits per heavy atom. The quantitative estimate of drug-likeness (QED) is 0.743. The van der Waals surface area contributed by atoms with Gasteiger partial charge in [0.1, 0.15) is 5.75 Å². The predicted octanol–water partition coefficient (Wildman–Crippen LogP) is 4.32. The van der Waals surface area contributed by atoms with Gasteiger partial charge < -0.3 is 4.74 Å². The van der Waals surface area contributed by atoms with Gasteiger partial charge in [0.25, 0.3) is 0 Å². The summed E-state index contributed by atoms with van der Waals surface area (Å²) in [6.07, 6.45) is 6.46. The average Bonchev–Trinajstić information content (AvgIpc) is 2.68. The lowest BCUT2D eigenvalue weighted by atomic mass is 9.52. The normalized spacial score (nSPS) is 32.6. The summed E-state index contributed by atoms with van der Waals surface area (Å²) in [5.41, 5.74) is 2.44. The zero-order valence-electron chi connectivity index (χ0n) is 16.8. The number of rotatable bonds is 4. The lowest BCUT2D eigenvalue weighted by molar-refractivity contribution is -0.167. The van der Waals surface area contributed by atoms with Crippen molar-refractivity contribution in [3.63, 3.8) is 0 Å². The van der Waals surface area contributed by atoms with Crippen molar-refractivity contribution in [2.75, 3.05) is 13.7 Å². The van der Waals surface area contributed by atoms with Crippen LogP contribution in [0.2, 0.25) is 0 Å². The molecular formula is C23H31NO3. The monoisotopic (exact) mass is 369 g/mol. The van der Waals surface area contributed by atoms with Crippen LogP contribution in [0.5, 0.6) is 5.75 Å². The molecule has 0 N–H and O–H groups in total. The highest BCUT2D eigenvalue weighted by Crippen LogP contribution is 2.58. The minimum atomic E-state index is -0.368. The topological polar surface area (TPSA) is 46.6 Å². The fourth-order valence-corrected chi connectivity index (χ4v) is 5.91. The number of imide groups is 1. The van der Waals surface area contributed by atoms with Gasteiger partial charge in [-0.2, -0.15) is 0 Å². The number of fused-ring (bicyclic) bond motifs is 5. The van der Waals surface area contributed by atoms with E-state index >= 15 is 0 Å². The molecule has 0 aromatic heterocycles. The number of ether oxygens (including phenoxy) is 1. The van der Waals surface area contributed by atoms with Crippen molar-refractivity contribution in [1.29, 1.82) is 0 Å². The Morgan fingerprint density at radius 2 is 2.07 bits per heavy atom. The largest absolute Gasteiger partial charge is 0.497 e. The van der Waals surface area contributed by atoms with Crippen LogP contribution < -0.4 is 4.74 Å². The number of benzene rings is 1. The molecule has 4 heteroatoms. The van der Waals surface area contributed by atoms with Gasteiger partial charge in [-0.15, -0.1) is 0 Å². The third-order valence-electron chi connectivity index (χ3n) is 7.49. The average molecular weight is 370 g/mol. The first-order valence-corrected chi connectivity index (χ1v) is 10.5. The van der Waals surface area contributed by atoms with Crippen molar-refractivity contribution < 1.29 is 14.3 Å². The van der Waals surface area contributed by atoms with Crippen LogP contribution in [0.25, 0.3) is 0 Å². The van der Waals surface area contributed by atoms with Gasteiger partial charge in [-0.3, -0.25) is 14.5 Å². The summed E-state index contributed by atoms with van der Waals surface area (Å²) >= 11 is 0. The van der Waals surface area contributed by atoms with Crippen molar-refractivity contribution in [2.24, 2.45) is 17.3 Å². The maximum absolute atomic E-state index is 13.3. The summed E-state index contributed by atoms with van der Waals surface area (Å²) in [4.78, 5) is 27.7. The molecule has 1 saturated carbocycles. The number of unbranched alkanes of at least 4 members (excludes halogenated alkanes) is 1. The summed E-state index contributed by atoms with van der Waals surface area (Å²) in [7, 11) is 1.71. The first-order chi connectivity index (χ1) is 13.0. The van der Waals surface area contributed by atoms with Crippen LogP contribution in [-0.4, -0.2) is 30.4 Å². The maximum Gasteiger partial charge on any atom is 0.235 e. The van der Waals surface area contributed by atoms with Crippen molar-refractivity contribution in [3.05, 3.63) is 29.3 Å². The molecule has 1 aromatic rings. The smallest absolute Gasteiger partial charge is 0.235 e. The van der Waals surface area contributed by atoms with Crippen LogP contribution in [0.4, 0.5) is 0 Å². The molecule has 146 valence electrons. The number of methoxy groups -OCH3 is 1. The molecule has 4 nitrogen and oxygen atoms in total.